The van der Waals surface area contributed by atoms with Gasteiger partial charge in [-0.05, 0) is 0 Å². The topological polar surface area (TPSA) is 9.72 Å². The number of hydrogen-bond acceptors (Lipinski definition) is 3. The zero-order valence-corrected chi connectivity index (χ0v) is 11.4. The van der Waals surface area contributed by atoms with Gasteiger partial charge in [-0.15, -0.1) is 0 Å². The molecule has 0 aromatic heterocycles. The van der Waals surface area contributed by atoms with Crippen molar-refractivity contribution in [2.45, 2.75) is 0 Å². The van der Waals surface area contributed by atoms with Crippen molar-refractivity contribution in [2.75, 3.05) is 42.3 Å². The van der Waals surface area contributed by atoms with Crippen molar-refractivity contribution in [3.63, 3.8) is 0 Å². The molecule has 0 saturated carbocycles. The standard InChI is InChI=1S/C6H18N3PTe/c1-7(2)10(11,8(3)4)9(5)6/h1-6H3. The van der Waals surface area contributed by atoms with Gasteiger partial charge >= 0.3 is 82.5 Å². The molecule has 0 amide bonds. The summed E-state index contributed by atoms with van der Waals surface area (Å²) in [5, 5.41) is 0. The van der Waals surface area contributed by atoms with Crippen LogP contribution >= 0.6 is 4.94 Å². The molecule has 0 atom stereocenters. The molecule has 0 aliphatic rings. The quantitative estimate of drug-likeness (QED) is 0.554. The van der Waals surface area contributed by atoms with Gasteiger partial charge in [0.05, 0.1) is 0 Å². The van der Waals surface area contributed by atoms with Crippen LogP contribution in [0.2, 0.25) is 0 Å². The Kier molecular flexibility index (Phi) is 4.80. The Balaban J connectivity index is 4.69. The van der Waals surface area contributed by atoms with E-state index in [2.05, 4.69) is 77.5 Å². The van der Waals surface area contributed by atoms with Gasteiger partial charge in [0.1, 0.15) is 0 Å². The van der Waals surface area contributed by atoms with E-state index in [1.165, 1.54) is 0 Å². The number of rotatable bonds is 3. The molecule has 0 rings (SSSR count). The summed E-state index contributed by atoms with van der Waals surface area (Å²) in [7, 11) is 12.8. The molecule has 0 N–H and O–H groups in total. The van der Waals surface area contributed by atoms with E-state index in [-0.39, 0.29) is 0 Å². The van der Waals surface area contributed by atoms with Gasteiger partial charge in [-0.3, -0.25) is 0 Å². The summed E-state index contributed by atoms with van der Waals surface area (Å²) in [6.45, 7) is 0. The van der Waals surface area contributed by atoms with Crippen LogP contribution in [-0.4, -0.2) is 77.5 Å². The van der Waals surface area contributed by atoms with E-state index in [1.54, 1.807) is 0 Å². The van der Waals surface area contributed by atoms with Crippen molar-refractivity contribution >= 4 is 26.2 Å². The molecule has 0 fully saturated rings. The molecule has 0 saturated heterocycles. The molecule has 0 aromatic carbocycles. The summed E-state index contributed by atoms with van der Waals surface area (Å²) < 4.78 is 6.91. The van der Waals surface area contributed by atoms with E-state index in [1.807, 2.05) is 0 Å². The Morgan fingerprint density at radius 1 is 0.727 bits per heavy atom. The van der Waals surface area contributed by atoms with E-state index in [0.29, 0.717) is 0 Å². The van der Waals surface area contributed by atoms with Crippen molar-refractivity contribution < 1.29 is 0 Å². The fourth-order valence-corrected chi connectivity index (χ4v) is 3.22. The van der Waals surface area contributed by atoms with E-state index < -0.39 is 4.94 Å². The van der Waals surface area contributed by atoms with Crippen molar-refractivity contribution in [1.82, 2.24) is 14.0 Å². The van der Waals surface area contributed by atoms with Crippen LogP contribution in [0.25, 0.3) is 0 Å². The Bertz CT molecular complexity index is 139. The Morgan fingerprint density at radius 3 is 0.909 bits per heavy atom. The van der Waals surface area contributed by atoms with E-state index in [0.717, 1.165) is 0 Å². The Hall–Kier alpha value is 1.10. The number of hydrogen-bond donors (Lipinski definition) is 0. The molecule has 0 aliphatic heterocycles. The number of nitrogens with zero attached hydrogens (tertiary/aromatic N) is 3. The molecule has 0 spiro atoms. The zero-order valence-electron chi connectivity index (χ0n) is 8.20. The maximum atomic E-state index is 2.30. The summed E-state index contributed by atoms with van der Waals surface area (Å²) in [5.74, 6) is 0. The molecule has 0 unspecified atom stereocenters. The first kappa shape index (κ1) is 12.1. The summed E-state index contributed by atoms with van der Waals surface area (Å²) in [4.78, 5) is -1.18. The van der Waals surface area contributed by atoms with Crippen LogP contribution < -0.4 is 0 Å². The second kappa shape index (κ2) is 4.37. The third-order valence-electron chi connectivity index (χ3n) is 1.56. The zero-order chi connectivity index (χ0) is 9.23. The van der Waals surface area contributed by atoms with Gasteiger partial charge in [-0.2, -0.15) is 0 Å². The van der Waals surface area contributed by atoms with Gasteiger partial charge in [0.2, 0.25) is 0 Å². The normalized spacial score (nSPS) is 13.5. The van der Waals surface area contributed by atoms with Crippen molar-refractivity contribution in [2.24, 2.45) is 0 Å². The third-order valence-corrected chi connectivity index (χ3v) is 13.1. The van der Waals surface area contributed by atoms with Crippen LogP contribution in [0.15, 0.2) is 0 Å². The summed E-state index contributed by atoms with van der Waals surface area (Å²) in [6, 6.07) is 0. The van der Waals surface area contributed by atoms with Crippen LogP contribution in [0.4, 0.5) is 0 Å². The molecular weight excluding hydrogens is 273 g/mol. The van der Waals surface area contributed by atoms with Crippen LogP contribution in [0.5, 0.6) is 0 Å². The van der Waals surface area contributed by atoms with Gasteiger partial charge in [0.25, 0.3) is 0 Å². The van der Waals surface area contributed by atoms with Crippen molar-refractivity contribution in [3.05, 3.63) is 0 Å². The monoisotopic (exact) mass is 293 g/mol. The molecule has 0 heterocycles. The molecule has 0 bridgehead atoms. The van der Waals surface area contributed by atoms with Gasteiger partial charge in [-0.1, -0.05) is 0 Å². The predicted molar refractivity (Wildman–Crippen MR) is 53.7 cm³/mol. The molecule has 0 radical (unpaired) electrons. The molecule has 68 valence electrons. The van der Waals surface area contributed by atoms with Gasteiger partial charge < -0.3 is 0 Å². The van der Waals surface area contributed by atoms with Crippen LogP contribution in [0, 0.1) is 0 Å². The SMILES string of the molecule is CN(C)P(=[Te])(N(C)C)N(C)C. The van der Waals surface area contributed by atoms with Crippen LogP contribution in [-0.2, 0) is 0 Å². The first-order chi connectivity index (χ1) is 4.83. The third kappa shape index (κ3) is 2.52. The van der Waals surface area contributed by atoms with Gasteiger partial charge in [0.15, 0.2) is 0 Å². The average Bonchev–Trinajstić information content (AvgIpc) is 1.84. The minimum atomic E-state index is -1.18. The van der Waals surface area contributed by atoms with Crippen molar-refractivity contribution in [1.29, 1.82) is 0 Å². The van der Waals surface area contributed by atoms with Crippen LogP contribution in [0.1, 0.15) is 0 Å². The molecular formula is C6H18N3PTe. The second-order valence-electron chi connectivity index (χ2n) is 3.05. The first-order valence-electron chi connectivity index (χ1n) is 3.47. The van der Waals surface area contributed by atoms with Gasteiger partial charge in [0, 0.05) is 0 Å². The molecule has 11 heavy (non-hydrogen) atoms. The molecule has 5 heteroatoms. The maximum absolute atomic E-state index is 2.30. The molecule has 0 aromatic rings. The average molecular weight is 291 g/mol. The second-order valence-corrected chi connectivity index (χ2v) is 10.7. The summed E-state index contributed by atoms with van der Waals surface area (Å²) in [5.41, 5.74) is 0. The Morgan fingerprint density at radius 2 is 0.909 bits per heavy atom. The molecule has 3 nitrogen and oxygen atoms in total. The summed E-state index contributed by atoms with van der Waals surface area (Å²) in [6.07, 6.45) is 0. The van der Waals surface area contributed by atoms with E-state index >= 15 is 0 Å². The predicted octanol–water partition coefficient (Wildman–Crippen LogP) is 0.517. The van der Waals surface area contributed by atoms with E-state index in [4.69, 9.17) is 0 Å². The Labute approximate surface area is 82.5 Å². The molecule has 0 aliphatic carbocycles. The van der Waals surface area contributed by atoms with Gasteiger partial charge in [-0.25, -0.2) is 0 Å². The minimum absolute atomic E-state index is 1.18. The van der Waals surface area contributed by atoms with Crippen molar-refractivity contribution in [3.8, 4) is 0 Å². The van der Waals surface area contributed by atoms with E-state index in [9.17, 15) is 0 Å². The summed E-state index contributed by atoms with van der Waals surface area (Å²) >= 11 is 2.22. The van der Waals surface area contributed by atoms with Crippen LogP contribution in [0.3, 0.4) is 0 Å². The fraction of sp³-hybridized carbons (Fsp3) is 1.00. The first-order valence-corrected chi connectivity index (χ1v) is 8.16. The fourth-order valence-electron chi connectivity index (χ4n) is 1.07.